The van der Waals surface area contributed by atoms with Gasteiger partial charge < -0.3 is 14.2 Å². The standard InChI is InChI=1S/C15H16O5/c1-4-20-14(16)7-5-6-11-8-9-12(15(17)19-3)13(10-11)18-2/h8-10H,4,7H2,1-3H3. The van der Waals surface area contributed by atoms with Gasteiger partial charge in [-0.2, -0.15) is 0 Å². The molecule has 0 aromatic heterocycles. The fraction of sp³-hybridized carbons (Fsp3) is 0.333. The topological polar surface area (TPSA) is 61.8 Å². The number of ether oxygens (including phenoxy) is 3. The summed E-state index contributed by atoms with van der Waals surface area (Å²) in [5, 5.41) is 0. The van der Waals surface area contributed by atoms with Gasteiger partial charge in [-0.3, -0.25) is 4.79 Å². The highest BCUT2D eigenvalue weighted by Gasteiger charge is 2.12. The second-order valence-corrected chi connectivity index (χ2v) is 3.69. The van der Waals surface area contributed by atoms with E-state index in [0.717, 1.165) is 0 Å². The Balaban J connectivity index is 2.86. The van der Waals surface area contributed by atoms with E-state index in [9.17, 15) is 9.59 Å². The van der Waals surface area contributed by atoms with Crippen molar-refractivity contribution in [2.24, 2.45) is 0 Å². The molecule has 0 aliphatic heterocycles. The third kappa shape index (κ3) is 4.32. The van der Waals surface area contributed by atoms with Crippen molar-refractivity contribution in [1.82, 2.24) is 0 Å². The summed E-state index contributed by atoms with van der Waals surface area (Å²) in [7, 11) is 2.76. The van der Waals surface area contributed by atoms with E-state index in [2.05, 4.69) is 16.6 Å². The van der Waals surface area contributed by atoms with Gasteiger partial charge >= 0.3 is 11.9 Å². The zero-order valence-electron chi connectivity index (χ0n) is 11.7. The maximum absolute atomic E-state index is 11.5. The fourth-order valence-electron chi connectivity index (χ4n) is 1.48. The second kappa shape index (κ2) is 7.85. The summed E-state index contributed by atoms with van der Waals surface area (Å²) in [4.78, 5) is 22.6. The van der Waals surface area contributed by atoms with Gasteiger partial charge in [-0.15, -0.1) is 0 Å². The third-order valence-electron chi connectivity index (χ3n) is 2.38. The average molecular weight is 276 g/mol. The summed E-state index contributed by atoms with van der Waals surface area (Å²) in [6, 6.07) is 4.84. The van der Waals surface area contributed by atoms with Gasteiger partial charge in [-0.05, 0) is 25.1 Å². The molecule has 0 saturated heterocycles. The molecule has 0 bridgehead atoms. The normalized spacial score (nSPS) is 9.15. The lowest BCUT2D eigenvalue weighted by Gasteiger charge is -2.06. The van der Waals surface area contributed by atoms with E-state index in [4.69, 9.17) is 9.47 Å². The summed E-state index contributed by atoms with van der Waals surface area (Å²) in [5.41, 5.74) is 0.963. The molecule has 0 saturated carbocycles. The molecule has 1 aromatic carbocycles. The molecule has 0 aliphatic carbocycles. The first-order chi connectivity index (χ1) is 9.62. The molecule has 0 unspecified atom stereocenters. The van der Waals surface area contributed by atoms with Crippen LogP contribution in [0.15, 0.2) is 18.2 Å². The van der Waals surface area contributed by atoms with Crippen molar-refractivity contribution < 1.29 is 23.8 Å². The minimum Gasteiger partial charge on any atom is -0.496 e. The molecule has 0 heterocycles. The number of carbonyl (C=O) groups is 2. The predicted octanol–water partition coefficient (Wildman–Crippen LogP) is 1.79. The maximum atomic E-state index is 11.5. The minimum absolute atomic E-state index is 0.0227. The van der Waals surface area contributed by atoms with Crippen LogP contribution in [0.25, 0.3) is 0 Å². The molecule has 5 heteroatoms. The Bertz CT molecular complexity index is 551. The van der Waals surface area contributed by atoms with Crippen LogP contribution in [-0.4, -0.2) is 32.8 Å². The van der Waals surface area contributed by atoms with E-state index in [0.29, 0.717) is 23.5 Å². The quantitative estimate of drug-likeness (QED) is 0.619. The van der Waals surface area contributed by atoms with Crippen LogP contribution in [0, 0.1) is 11.8 Å². The smallest absolute Gasteiger partial charge is 0.341 e. The lowest BCUT2D eigenvalue weighted by molar-refractivity contribution is -0.141. The minimum atomic E-state index is -0.479. The summed E-state index contributed by atoms with van der Waals surface area (Å²) >= 11 is 0. The van der Waals surface area contributed by atoms with E-state index in [1.807, 2.05) is 0 Å². The van der Waals surface area contributed by atoms with Crippen LogP contribution in [0.5, 0.6) is 5.75 Å². The van der Waals surface area contributed by atoms with Crippen molar-refractivity contribution in [3.8, 4) is 17.6 Å². The first-order valence-electron chi connectivity index (χ1n) is 6.03. The van der Waals surface area contributed by atoms with Crippen LogP contribution in [-0.2, 0) is 14.3 Å². The summed E-state index contributed by atoms with van der Waals surface area (Å²) in [6.07, 6.45) is 0.0227. The highest BCUT2D eigenvalue weighted by Crippen LogP contribution is 2.20. The lowest BCUT2D eigenvalue weighted by Crippen LogP contribution is -2.04. The Morgan fingerprint density at radius 1 is 1.25 bits per heavy atom. The van der Waals surface area contributed by atoms with Crippen molar-refractivity contribution >= 4 is 11.9 Å². The number of hydrogen-bond donors (Lipinski definition) is 0. The Labute approximate surface area is 117 Å². The highest BCUT2D eigenvalue weighted by molar-refractivity contribution is 5.92. The largest absolute Gasteiger partial charge is 0.496 e. The van der Waals surface area contributed by atoms with Crippen molar-refractivity contribution in [2.45, 2.75) is 13.3 Å². The molecule has 106 valence electrons. The molecular weight excluding hydrogens is 260 g/mol. The van der Waals surface area contributed by atoms with Gasteiger partial charge in [0.1, 0.15) is 17.7 Å². The SMILES string of the molecule is CCOC(=O)CC#Cc1ccc(C(=O)OC)c(OC)c1. The molecular formula is C15H16O5. The Morgan fingerprint density at radius 2 is 2.00 bits per heavy atom. The van der Waals surface area contributed by atoms with Crippen LogP contribution in [0.2, 0.25) is 0 Å². The molecule has 0 radical (unpaired) electrons. The first kappa shape index (κ1) is 15.6. The monoisotopic (exact) mass is 276 g/mol. The molecule has 0 amide bonds. The van der Waals surface area contributed by atoms with E-state index in [-0.39, 0.29) is 12.4 Å². The number of rotatable bonds is 4. The average Bonchev–Trinajstić information content (AvgIpc) is 2.46. The molecule has 1 rings (SSSR count). The van der Waals surface area contributed by atoms with E-state index in [1.165, 1.54) is 14.2 Å². The fourth-order valence-corrected chi connectivity index (χ4v) is 1.48. The van der Waals surface area contributed by atoms with Gasteiger partial charge in [0.25, 0.3) is 0 Å². The van der Waals surface area contributed by atoms with E-state index in [1.54, 1.807) is 25.1 Å². The van der Waals surface area contributed by atoms with Gasteiger partial charge in [0, 0.05) is 5.56 Å². The van der Waals surface area contributed by atoms with Crippen molar-refractivity contribution in [3.63, 3.8) is 0 Å². The molecule has 1 aromatic rings. The molecule has 0 fully saturated rings. The molecule has 20 heavy (non-hydrogen) atoms. The summed E-state index contributed by atoms with van der Waals surface area (Å²) in [6.45, 7) is 2.07. The number of carbonyl (C=O) groups excluding carboxylic acids is 2. The van der Waals surface area contributed by atoms with Crippen molar-refractivity contribution in [2.75, 3.05) is 20.8 Å². The van der Waals surface area contributed by atoms with E-state index >= 15 is 0 Å². The van der Waals surface area contributed by atoms with Crippen LogP contribution in [0.3, 0.4) is 0 Å². The van der Waals surface area contributed by atoms with Gasteiger partial charge in [-0.1, -0.05) is 11.8 Å². The van der Waals surface area contributed by atoms with Gasteiger partial charge in [0.05, 0.1) is 20.8 Å². The zero-order chi connectivity index (χ0) is 15.0. The number of esters is 2. The van der Waals surface area contributed by atoms with Gasteiger partial charge in [0.15, 0.2) is 0 Å². The van der Waals surface area contributed by atoms with Crippen LogP contribution in [0.1, 0.15) is 29.3 Å². The highest BCUT2D eigenvalue weighted by atomic mass is 16.5. The summed E-state index contributed by atoms with van der Waals surface area (Å²) in [5.74, 6) is 5.05. The van der Waals surface area contributed by atoms with Crippen molar-refractivity contribution in [3.05, 3.63) is 29.3 Å². The predicted molar refractivity (Wildman–Crippen MR) is 72.5 cm³/mol. The Kier molecular flexibility index (Phi) is 6.11. The first-order valence-corrected chi connectivity index (χ1v) is 6.03. The van der Waals surface area contributed by atoms with Crippen LogP contribution >= 0.6 is 0 Å². The Hall–Kier alpha value is -2.48. The van der Waals surface area contributed by atoms with E-state index < -0.39 is 5.97 Å². The summed E-state index contributed by atoms with van der Waals surface area (Å²) < 4.78 is 14.5. The number of methoxy groups -OCH3 is 2. The molecule has 0 spiro atoms. The zero-order valence-corrected chi connectivity index (χ0v) is 11.7. The number of benzene rings is 1. The van der Waals surface area contributed by atoms with Crippen LogP contribution in [0.4, 0.5) is 0 Å². The maximum Gasteiger partial charge on any atom is 0.341 e. The molecule has 0 N–H and O–H groups in total. The third-order valence-corrected chi connectivity index (χ3v) is 2.38. The number of hydrogen-bond acceptors (Lipinski definition) is 5. The Morgan fingerprint density at radius 3 is 2.60 bits per heavy atom. The van der Waals surface area contributed by atoms with Crippen molar-refractivity contribution in [1.29, 1.82) is 0 Å². The lowest BCUT2D eigenvalue weighted by atomic mass is 10.1. The van der Waals surface area contributed by atoms with Gasteiger partial charge in [-0.25, -0.2) is 4.79 Å². The second-order valence-electron chi connectivity index (χ2n) is 3.69. The molecule has 5 nitrogen and oxygen atoms in total. The molecule has 0 aliphatic rings. The molecule has 0 atom stereocenters. The van der Waals surface area contributed by atoms with Crippen LogP contribution < -0.4 is 4.74 Å². The van der Waals surface area contributed by atoms with Gasteiger partial charge in [0.2, 0.25) is 0 Å².